The van der Waals surface area contributed by atoms with Gasteiger partial charge < -0.3 is 4.98 Å². The molecule has 0 aliphatic carbocycles. The third kappa shape index (κ3) is 3.90. The zero-order valence-electron chi connectivity index (χ0n) is 14.0. The molecular weight excluding hydrogens is 344 g/mol. The Morgan fingerprint density at radius 3 is 2.04 bits per heavy atom. The fourth-order valence-electron chi connectivity index (χ4n) is 2.27. The van der Waals surface area contributed by atoms with Crippen molar-refractivity contribution < 1.29 is 0 Å². The number of aromatic amines is 3. The molecule has 0 fully saturated rings. The lowest BCUT2D eigenvalue weighted by Crippen LogP contribution is -1.76. The summed E-state index contributed by atoms with van der Waals surface area (Å²) >= 11 is 0. The Kier molecular flexibility index (Phi) is 4.69. The zero-order chi connectivity index (χ0) is 18.3. The minimum absolute atomic E-state index is 0.602. The van der Waals surface area contributed by atoms with E-state index >= 15 is 0 Å². The van der Waals surface area contributed by atoms with E-state index in [1.165, 1.54) is 6.33 Å². The summed E-state index contributed by atoms with van der Waals surface area (Å²) in [5, 5.41) is 20.2. The van der Waals surface area contributed by atoms with E-state index in [2.05, 4.69) is 50.8 Å². The van der Waals surface area contributed by atoms with Crippen molar-refractivity contribution in [1.82, 2.24) is 50.8 Å². The standard InChI is InChI=1S/C7H6N2.C6H5N3.C4H3N5/c1-2-4-7-6(3-1)8-5-9-7;1-2-4-6-5(3-1)7-9-8-6;1-3-4(6-2-5-1)8-9-7-3/h1-5H,(H,8,9);1-4H,(H,7,8,9);1-2H,(H,5,6,7,8,9). The quantitative estimate of drug-likeness (QED) is 0.378. The van der Waals surface area contributed by atoms with Gasteiger partial charge in [0.05, 0.1) is 23.6 Å². The van der Waals surface area contributed by atoms with E-state index in [0.29, 0.717) is 11.2 Å². The molecule has 0 unspecified atom stereocenters. The molecule has 0 saturated carbocycles. The molecule has 4 heterocycles. The second kappa shape index (κ2) is 7.78. The van der Waals surface area contributed by atoms with E-state index in [1.807, 2.05) is 48.5 Å². The molecular formula is C17H14N10. The number of nitrogens with zero attached hydrogens (tertiary/aromatic N) is 7. The Hall–Kier alpha value is -4.21. The lowest BCUT2D eigenvalue weighted by molar-refractivity contribution is 0.954. The lowest BCUT2D eigenvalue weighted by Gasteiger charge is -1.81. The van der Waals surface area contributed by atoms with Crippen LogP contribution in [0, 0.1) is 0 Å². The highest BCUT2D eigenvalue weighted by atomic mass is 15.3. The summed E-state index contributed by atoms with van der Waals surface area (Å²) in [6, 6.07) is 15.6. The fraction of sp³-hybridized carbons (Fsp3) is 0. The molecule has 132 valence electrons. The van der Waals surface area contributed by atoms with Gasteiger partial charge >= 0.3 is 0 Å². The molecule has 0 amide bonds. The van der Waals surface area contributed by atoms with Crippen molar-refractivity contribution in [2.45, 2.75) is 0 Å². The van der Waals surface area contributed by atoms with Gasteiger partial charge in [0.15, 0.2) is 0 Å². The number of hydrogen-bond donors (Lipinski definition) is 3. The van der Waals surface area contributed by atoms with Gasteiger partial charge in [0.2, 0.25) is 5.65 Å². The first-order valence-corrected chi connectivity index (χ1v) is 8.00. The molecule has 0 saturated heterocycles. The van der Waals surface area contributed by atoms with Crippen molar-refractivity contribution in [2.75, 3.05) is 0 Å². The molecule has 27 heavy (non-hydrogen) atoms. The predicted molar refractivity (Wildman–Crippen MR) is 99.5 cm³/mol. The van der Waals surface area contributed by atoms with Crippen LogP contribution in [0.15, 0.2) is 67.4 Å². The maximum atomic E-state index is 4.06. The highest BCUT2D eigenvalue weighted by Crippen LogP contribution is 2.05. The van der Waals surface area contributed by atoms with Crippen LogP contribution >= 0.6 is 0 Å². The molecule has 0 aliphatic rings. The first kappa shape index (κ1) is 16.3. The van der Waals surface area contributed by atoms with E-state index in [0.717, 1.165) is 22.1 Å². The van der Waals surface area contributed by atoms with Crippen LogP contribution in [0.3, 0.4) is 0 Å². The van der Waals surface area contributed by atoms with Crippen LogP contribution < -0.4 is 0 Å². The van der Waals surface area contributed by atoms with Gasteiger partial charge in [-0.3, -0.25) is 0 Å². The Morgan fingerprint density at radius 1 is 0.630 bits per heavy atom. The molecule has 10 nitrogen and oxygen atoms in total. The summed E-state index contributed by atoms with van der Waals surface area (Å²) in [4.78, 5) is 14.6. The minimum Gasteiger partial charge on any atom is -0.345 e. The Labute approximate surface area is 152 Å². The third-order valence-electron chi connectivity index (χ3n) is 3.55. The normalized spacial score (nSPS) is 10.2. The Bertz CT molecular complexity index is 1000. The largest absolute Gasteiger partial charge is 0.345 e. The monoisotopic (exact) mass is 358 g/mol. The van der Waals surface area contributed by atoms with Crippen molar-refractivity contribution in [3.05, 3.63) is 67.4 Å². The van der Waals surface area contributed by atoms with Crippen molar-refractivity contribution in [3.63, 3.8) is 0 Å². The maximum absolute atomic E-state index is 4.06. The molecule has 10 heteroatoms. The second-order valence-corrected chi connectivity index (χ2v) is 5.29. The second-order valence-electron chi connectivity index (χ2n) is 5.29. The zero-order valence-corrected chi connectivity index (χ0v) is 14.0. The smallest absolute Gasteiger partial charge is 0.204 e. The van der Waals surface area contributed by atoms with Crippen LogP contribution in [0.25, 0.3) is 33.2 Å². The minimum atomic E-state index is 0.602. The Morgan fingerprint density at radius 2 is 1.30 bits per heavy atom. The molecule has 6 rings (SSSR count). The summed E-state index contributed by atoms with van der Waals surface area (Å²) < 4.78 is 0. The molecule has 6 aromatic rings. The van der Waals surface area contributed by atoms with E-state index in [9.17, 15) is 0 Å². The fourth-order valence-corrected chi connectivity index (χ4v) is 2.27. The average Bonchev–Trinajstić information content (AvgIpc) is 3.48. The summed E-state index contributed by atoms with van der Waals surface area (Å²) in [5.74, 6) is 0. The van der Waals surface area contributed by atoms with Crippen molar-refractivity contribution in [3.8, 4) is 0 Å². The average molecular weight is 358 g/mol. The number of nitrogens with one attached hydrogen (secondary N) is 3. The van der Waals surface area contributed by atoms with Gasteiger partial charge in [-0.1, -0.05) is 24.3 Å². The van der Waals surface area contributed by atoms with Gasteiger partial charge in [-0.2, -0.15) is 25.7 Å². The van der Waals surface area contributed by atoms with Gasteiger partial charge in [-0.15, -0.1) is 5.10 Å². The van der Waals surface area contributed by atoms with Crippen LogP contribution in [0.2, 0.25) is 0 Å². The number of fused-ring (bicyclic) bond motifs is 3. The predicted octanol–water partition coefficient (Wildman–Crippen LogP) is 2.27. The highest BCUT2D eigenvalue weighted by Gasteiger charge is 1.93. The molecule has 2 aromatic carbocycles. The molecule has 0 spiro atoms. The van der Waals surface area contributed by atoms with Gasteiger partial charge in [0.25, 0.3) is 0 Å². The summed E-state index contributed by atoms with van der Waals surface area (Å²) in [7, 11) is 0. The van der Waals surface area contributed by atoms with Gasteiger partial charge in [0, 0.05) is 0 Å². The first-order chi connectivity index (χ1) is 13.4. The van der Waals surface area contributed by atoms with Crippen molar-refractivity contribution >= 4 is 33.2 Å². The SMILES string of the molecule is c1ccc2[nH]cnc2c1.c1ccc2n[nH]nc2c1.c1ncc2n[nH]nc2n1. The third-order valence-corrected chi connectivity index (χ3v) is 3.55. The van der Waals surface area contributed by atoms with Crippen LogP contribution in [-0.2, 0) is 0 Å². The van der Waals surface area contributed by atoms with Crippen molar-refractivity contribution in [2.24, 2.45) is 0 Å². The van der Waals surface area contributed by atoms with E-state index in [-0.39, 0.29) is 0 Å². The first-order valence-electron chi connectivity index (χ1n) is 8.00. The molecule has 0 atom stereocenters. The number of benzene rings is 2. The van der Waals surface area contributed by atoms with Gasteiger partial charge in [-0.05, 0) is 24.3 Å². The molecule has 0 aliphatic heterocycles. The van der Waals surface area contributed by atoms with E-state index in [1.54, 1.807) is 12.5 Å². The van der Waals surface area contributed by atoms with E-state index in [4.69, 9.17) is 0 Å². The lowest BCUT2D eigenvalue weighted by atomic mass is 10.3. The van der Waals surface area contributed by atoms with Gasteiger partial charge in [0.1, 0.15) is 22.9 Å². The van der Waals surface area contributed by atoms with E-state index < -0.39 is 0 Å². The number of rotatable bonds is 0. The molecule has 0 radical (unpaired) electrons. The topological polar surface area (TPSA) is 138 Å². The number of aromatic nitrogens is 10. The molecule has 4 aromatic heterocycles. The molecule has 0 bridgehead atoms. The number of hydrogen-bond acceptors (Lipinski definition) is 7. The van der Waals surface area contributed by atoms with Crippen molar-refractivity contribution in [1.29, 1.82) is 0 Å². The summed E-state index contributed by atoms with van der Waals surface area (Å²) in [5.41, 5.74) is 5.24. The number of para-hydroxylation sites is 4. The summed E-state index contributed by atoms with van der Waals surface area (Å²) in [6.45, 7) is 0. The van der Waals surface area contributed by atoms with Crippen LogP contribution in [-0.4, -0.2) is 50.8 Å². The van der Waals surface area contributed by atoms with Crippen LogP contribution in [0.4, 0.5) is 0 Å². The van der Waals surface area contributed by atoms with Gasteiger partial charge in [-0.25, -0.2) is 15.0 Å². The molecule has 3 N–H and O–H groups in total. The van der Waals surface area contributed by atoms with Crippen LogP contribution in [0.1, 0.15) is 0 Å². The number of H-pyrrole nitrogens is 3. The maximum Gasteiger partial charge on any atom is 0.204 e. The summed E-state index contributed by atoms with van der Waals surface area (Å²) in [6.07, 6.45) is 4.74. The highest BCUT2D eigenvalue weighted by molar-refractivity contribution is 5.74. The Balaban J connectivity index is 0.0000001000. The van der Waals surface area contributed by atoms with Crippen LogP contribution in [0.5, 0.6) is 0 Å². The number of imidazole rings is 1.